The number of rotatable bonds is 2. The van der Waals surface area contributed by atoms with Gasteiger partial charge in [0, 0.05) is 11.1 Å². The minimum absolute atomic E-state index is 0.717. The van der Waals surface area contributed by atoms with Crippen LogP contribution in [0.15, 0.2) is 12.3 Å². The van der Waals surface area contributed by atoms with E-state index in [2.05, 4.69) is 31.0 Å². The summed E-state index contributed by atoms with van der Waals surface area (Å²) in [6.45, 7) is 4.22. The van der Waals surface area contributed by atoms with Crippen molar-refractivity contribution in [2.75, 3.05) is 0 Å². The van der Waals surface area contributed by atoms with Crippen molar-refractivity contribution in [3.05, 3.63) is 28.3 Å². The number of nitriles is 1. The summed E-state index contributed by atoms with van der Waals surface area (Å²) in [4.78, 5) is 5.65. The van der Waals surface area contributed by atoms with Crippen LogP contribution in [0, 0.1) is 11.3 Å². The second-order valence-electron chi connectivity index (χ2n) is 3.40. The summed E-state index contributed by atoms with van der Waals surface area (Å²) < 4.78 is 1.19. The first-order valence-electron chi connectivity index (χ1n) is 5.10. The Hall–Kier alpha value is -1.40. The van der Waals surface area contributed by atoms with Gasteiger partial charge in [0.2, 0.25) is 0 Å². The number of hydrogen-bond acceptors (Lipinski definition) is 3. The molecule has 0 N–H and O–H groups in total. The van der Waals surface area contributed by atoms with Gasteiger partial charge in [0.25, 0.3) is 0 Å². The third-order valence-corrected chi connectivity index (χ3v) is 3.85. The highest BCUT2D eigenvalue weighted by molar-refractivity contribution is 7.19. The number of pyridine rings is 1. The summed E-state index contributed by atoms with van der Waals surface area (Å²) in [6, 6.07) is 4.34. The molecule has 2 nitrogen and oxygen atoms in total. The van der Waals surface area contributed by atoms with E-state index in [1.807, 2.05) is 0 Å². The number of fused-ring (bicyclic) bond motifs is 1. The second kappa shape index (κ2) is 4.00. The molecule has 3 heteroatoms. The minimum Gasteiger partial charge on any atom is -0.254 e. The van der Waals surface area contributed by atoms with Gasteiger partial charge in [-0.1, -0.05) is 13.8 Å². The highest BCUT2D eigenvalue weighted by Gasteiger charge is 2.09. The third kappa shape index (κ3) is 1.62. The van der Waals surface area contributed by atoms with Crippen LogP contribution < -0.4 is 0 Å². The first kappa shape index (κ1) is 10.1. The Balaban J connectivity index is 2.76. The zero-order chi connectivity index (χ0) is 10.8. The maximum atomic E-state index is 8.99. The van der Waals surface area contributed by atoms with Crippen LogP contribution in [0.3, 0.4) is 0 Å². The van der Waals surface area contributed by atoms with Gasteiger partial charge in [0.15, 0.2) is 0 Å². The molecule has 0 amide bonds. The highest BCUT2D eigenvalue weighted by atomic mass is 32.1. The molecule has 0 aliphatic heterocycles. The molecule has 76 valence electrons. The largest absolute Gasteiger partial charge is 0.254 e. The number of thiophene rings is 1. The van der Waals surface area contributed by atoms with Gasteiger partial charge >= 0.3 is 0 Å². The molecule has 0 atom stereocenters. The molecule has 0 saturated carbocycles. The Labute approximate surface area is 93.2 Å². The van der Waals surface area contributed by atoms with Crippen molar-refractivity contribution in [2.24, 2.45) is 0 Å². The van der Waals surface area contributed by atoms with E-state index < -0.39 is 0 Å². The quantitative estimate of drug-likeness (QED) is 0.772. The molecule has 2 heterocycles. The van der Waals surface area contributed by atoms with E-state index in [9.17, 15) is 0 Å². The van der Waals surface area contributed by atoms with Crippen molar-refractivity contribution in [1.82, 2.24) is 4.98 Å². The standard InChI is InChI=1S/C12H12N2S/c1-3-9-5-11-12(15-9)10(4-2)8(6-13)7-14-11/h5,7H,3-4H2,1-2H3. The van der Waals surface area contributed by atoms with Crippen molar-refractivity contribution < 1.29 is 0 Å². The van der Waals surface area contributed by atoms with Crippen molar-refractivity contribution in [3.8, 4) is 6.07 Å². The predicted molar refractivity (Wildman–Crippen MR) is 63.1 cm³/mol. The van der Waals surface area contributed by atoms with Crippen molar-refractivity contribution in [2.45, 2.75) is 26.7 Å². The average molecular weight is 216 g/mol. The minimum atomic E-state index is 0.717. The van der Waals surface area contributed by atoms with Gasteiger partial charge in [-0.2, -0.15) is 5.26 Å². The molecule has 0 spiro atoms. The van der Waals surface area contributed by atoms with E-state index in [4.69, 9.17) is 5.26 Å². The van der Waals surface area contributed by atoms with E-state index in [0.717, 1.165) is 29.5 Å². The van der Waals surface area contributed by atoms with Gasteiger partial charge in [-0.15, -0.1) is 11.3 Å². The van der Waals surface area contributed by atoms with Crippen molar-refractivity contribution in [3.63, 3.8) is 0 Å². The van der Waals surface area contributed by atoms with E-state index in [0.29, 0.717) is 0 Å². The fraction of sp³-hybridized carbons (Fsp3) is 0.333. The Morgan fingerprint density at radius 1 is 1.40 bits per heavy atom. The fourth-order valence-corrected chi connectivity index (χ4v) is 2.87. The van der Waals surface area contributed by atoms with Gasteiger partial charge in [0.1, 0.15) is 6.07 Å². The van der Waals surface area contributed by atoms with Gasteiger partial charge in [-0.3, -0.25) is 4.98 Å². The molecule has 2 rings (SSSR count). The lowest BCUT2D eigenvalue weighted by Gasteiger charge is -2.00. The Morgan fingerprint density at radius 3 is 2.80 bits per heavy atom. The molecule has 2 aromatic heterocycles. The van der Waals surface area contributed by atoms with Gasteiger partial charge < -0.3 is 0 Å². The van der Waals surface area contributed by atoms with Gasteiger partial charge in [0.05, 0.1) is 15.8 Å². The Morgan fingerprint density at radius 2 is 2.20 bits per heavy atom. The highest BCUT2D eigenvalue weighted by Crippen LogP contribution is 2.29. The van der Waals surface area contributed by atoms with Crippen molar-refractivity contribution >= 4 is 21.6 Å². The summed E-state index contributed by atoms with van der Waals surface area (Å²) in [5.41, 5.74) is 2.90. The Kier molecular flexibility index (Phi) is 2.70. The number of hydrogen-bond donors (Lipinski definition) is 0. The normalized spacial score (nSPS) is 10.5. The molecule has 0 fully saturated rings. The maximum absolute atomic E-state index is 8.99. The summed E-state index contributed by atoms with van der Waals surface area (Å²) in [6.07, 6.45) is 3.62. The molecular weight excluding hydrogens is 204 g/mol. The molecule has 0 unspecified atom stereocenters. The first-order chi connectivity index (χ1) is 7.30. The summed E-state index contributed by atoms with van der Waals surface area (Å²) in [5.74, 6) is 0. The van der Waals surface area contributed by atoms with Crippen LogP contribution in [-0.2, 0) is 12.8 Å². The van der Waals surface area contributed by atoms with Crippen LogP contribution in [0.1, 0.15) is 29.9 Å². The SMILES string of the molecule is CCc1cc2ncc(C#N)c(CC)c2s1. The van der Waals surface area contributed by atoms with Gasteiger partial charge in [-0.25, -0.2) is 0 Å². The van der Waals surface area contributed by atoms with E-state index in [1.54, 1.807) is 17.5 Å². The van der Waals surface area contributed by atoms with Crippen LogP contribution in [0.25, 0.3) is 10.2 Å². The fourth-order valence-electron chi connectivity index (χ4n) is 1.70. The molecule has 15 heavy (non-hydrogen) atoms. The average Bonchev–Trinajstić information content (AvgIpc) is 2.70. The van der Waals surface area contributed by atoms with Crippen LogP contribution in [0.2, 0.25) is 0 Å². The van der Waals surface area contributed by atoms with Crippen LogP contribution in [-0.4, -0.2) is 4.98 Å². The van der Waals surface area contributed by atoms with Crippen LogP contribution >= 0.6 is 11.3 Å². The monoisotopic (exact) mass is 216 g/mol. The Bertz CT molecular complexity index is 534. The summed E-state index contributed by atoms with van der Waals surface area (Å²) in [5, 5.41) is 8.99. The van der Waals surface area contributed by atoms with Crippen molar-refractivity contribution in [1.29, 1.82) is 5.26 Å². The lowest BCUT2D eigenvalue weighted by Crippen LogP contribution is -1.89. The molecule has 2 aromatic rings. The molecule has 0 saturated heterocycles. The maximum Gasteiger partial charge on any atom is 0.101 e. The summed E-state index contributed by atoms with van der Waals surface area (Å²) in [7, 11) is 0. The lowest BCUT2D eigenvalue weighted by molar-refractivity contribution is 1.14. The zero-order valence-corrected chi connectivity index (χ0v) is 9.69. The van der Waals surface area contributed by atoms with E-state index in [1.165, 1.54) is 9.58 Å². The van der Waals surface area contributed by atoms with Crippen LogP contribution in [0.5, 0.6) is 0 Å². The molecular formula is C12H12N2S. The molecule has 0 aliphatic rings. The zero-order valence-electron chi connectivity index (χ0n) is 8.87. The topological polar surface area (TPSA) is 36.7 Å². The third-order valence-electron chi connectivity index (χ3n) is 2.52. The van der Waals surface area contributed by atoms with Gasteiger partial charge in [-0.05, 0) is 24.5 Å². The molecule has 0 aliphatic carbocycles. The molecule has 0 bridgehead atoms. The predicted octanol–water partition coefficient (Wildman–Crippen LogP) is 3.29. The van der Waals surface area contributed by atoms with E-state index in [-0.39, 0.29) is 0 Å². The molecule has 0 aromatic carbocycles. The lowest BCUT2D eigenvalue weighted by atomic mass is 10.1. The van der Waals surface area contributed by atoms with E-state index >= 15 is 0 Å². The smallest absolute Gasteiger partial charge is 0.101 e. The molecule has 0 radical (unpaired) electrons. The van der Waals surface area contributed by atoms with Crippen LogP contribution in [0.4, 0.5) is 0 Å². The number of aryl methyl sites for hydroxylation is 2. The number of nitrogens with zero attached hydrogens (tertiary/aromatic N) is 2. The summed E-state index contributed by atoms with van der Waals surface area (Å²) >= 11 is 1.76. The second-order valence-corrected chi connectivity index (χ2v) is 4.53. The first-order valence-corrected chi connectivity index (χ1v) is 5.92. The number of aromatic nitrogens is 1.